The van der Waals surface area contributed by atoms with Gasteiger partial charge in [-0.2, -0.15) is 0 Å². The van der Waals surface area contributed by atoms with Gasteiger partial charge in [-0.25, -0.2) is 4.39 Å². The Morgan fingerprint density at radius 1 is 0.318 bits per heavy atom. The number of aromatic nitrogens is 1. The highest BCUT2D eigenvalue weighted by atomic mass is 19.1. The Balaban J connectivity index is 1.09. The second-order valence-corrected chi connectivity index (χ2v) is 11.5. The summed E-state index contributed by atoms with van der Waals surface area (Å²) in [7, 11) is 0. The molecule has 0 fully saturated rings. The monoisotopic (exact) mass is 563 g/mol. The Bertz CT molecular complexity index is 2500. The molecule has 0 N–H and O–H groups in total. The number of halogens is 1. The molecule has 0 amide bonds. The van der Waals surface area contributed by atoms with E-state index in [-0.39, 0.29) is 5.82 Å². The van der Waals surface area contributed by atoms with E-state index in [2.05, 4.69) is 138 Å². The highest BCUT2D eigenvalue weighted by Crippen LogP contribution is 2.40. The Morgan fingerprint density at radius 3 is 1.43 bits per heavy atom. The Hall–Kier alpha value is -5.73. The van der Waals surface area contributed by atoms with Crippen LogP contribution in [0.4, 0.5) is 4.39 Å². The summed E-state index contributed by atoms with van der Waals surface area (Å²) in [5, 5.41) is 5.18. The molecule has 2 heteroatoms. The van der Waals surface area contributed by atoms with E-state index in [1.54, 1.807) is 12.1 Å². The standard InChI is InChI=1S/C42H26FN/c43-35-12-5-11-33(25-35)28-19-17-27(18-20-28)29-7-3-8-30(23-29)31-9-4-10-32(24-31)34-21-22-41-39(26-34)38-15-6-14-37-36-13-1-2-16-40(36)44(41)42(37)38/h1-26H. The Labute approximate surface area is 254 Å². The van der Waals surface area contributed by atoms with Crippen molar-refractivity contribution in [3.8, 4) is 44.5 Å². The lowest BCUT2D eigenvalue weighted by Crippen LogP contribution is -1.85. The maximum Gasteiger partial charge on any atom is 0.123 e. The normalized spacial score (nSPS) is 11.8. The lowest BCUT2D eigenvalue weighted by Gasteiger charge is -2.10. The van der Waals surface area contributed by atoms with Crippen molar-refractivity contribution in [1.82, 2.24) is 4.40 Å². The smallest absolute Gasteiger partial charge is 0.123 e. The molecule has 0 saturated heterocycles. The van der Waals surface area contributed by atoms with Crippen molar-refractivity contribution in [3.63, 3.8) is 0 Å². The molecule has 0 unspecified atom stereocenters. The van der Waals surface area contributed by atoms with Crippen LogP contribution in [0.2, 0.25) is 0 Å². The van der Waals surface area contributed by atoms with Crippen LogP contribution in [0.1, 0.15) is 0 Å². The molecule has 9 rings (SSSR count). The number of para-hydroxylation sites is 2. The fraction of sp³-hybridized carbons (Fsp3) is 0. The number of hydrogen-bond donors (Lipinski definition) is 0. The Kier molecular flexibility index (Phi) is 5.45. The molecule has 0 aliphatic carbocycles. The highest BCUT2D eigenvalue weighted by molar-refractivity contribution is 6.23. The lowest BCUT2D eigenvalue weighted by atomic mass is 9.95. The number of benzene rings is 7. The third-order valence-electron chi connectivity index (χ3n) is 8.99. The largest absolute Gasteiger partial charge is 0.308 e. The van der Waals surface area contributed by atoms with Gasteiger partial charge in [-0.1, -0.05) is 115 Å². The number of rotatable bonds is 4. The van der Waals surface area contributed by atoms with Crippen LogP contribution in [-0.2, 0) is 0 Å². The van der Waals surface area contributed by atoms with Crippen LogP contribution in [-0.4, -0.2) is 4.40 Å². The fourth-order valence-electron chi connectivity index (χ4n) is 6.89. The first-order valence-electron chi connectivity index (χ1n) is 15.0. The van der Waals surface area contributed by atoms with E-state index in [9.17, 15) is 4.39 Å². The van der Waals surface area contributed by atoms with E-state index in [1.807, 2.05) is 6.07 Å². The maximum atomic E-state index is 13.7. The van der Waals surface area contributed by atoms with E-state index in [0.717, 1.165) is 22.3 Å². The number of fused-ring (bicyclic) bond motifs is 6. The average molecular weight is 564 g/mol. The summed E-state index contributed by atoms with van der Waals surface area (Å²) in [6, 6.07) is 54.8. The average Bonchev–Trinajstić information content (AvgIpc) is 3.61. The van der Waals surface area contributed by atoms with Gasteiger partial charge in [0.15, 0.2) is 0 Å². The molecule has 0 saturated carbocycles. The summed E-state index contributed by atoms with van der Waals surface area (Å²) in [6.07, 6.45) is 0. The maximum absolute atomic E-state index is 13.7. The molecule has 0 radical (unpaired) electrons. The molecule has 0 aliphatic rings. The molecule has 0 atom stereocenters. The van der Waals surface area contributed by atoms with Gasteiger partial charge in [-0.05, 0) is 87.0 Å². The minimum atomic E-state index is -0.220. The molecule has 9 aromatic rings. The molecule has 206 valence electrons. The summed E-state index contributed by atoms with van der Waals surface area (Å²) < 4.78 is 16.2. The van der Waals surface area contributed by atoms with Crippen LogP contribution in [0.25, 0.3) is 82.6 Å². The van der Waals surface area contributed by atoms with Crippen LogP contribution in [0.15, 0.2) is 158 Å². The zero-order valence-corrected chi connectivity index (χ0v) is 23.8. The fourth-order valence-corrected chi connectivity index (χ4v) is 6.89. The quantitative estimate of drug-likeness (QED) is 0.201. The second-order valence-electron chi connectivity index (χ2n) is 11.5. The SMILES string of the molecule is Fc1cccc(-c2ccc(-c3cccc(-c4cccc(-c5ccc6c(c5)c5cccc7c8ccccc8n6c75)c4)c3)cc2)c1. The molecule has 7 aromatic carbocycles. The van der Waals surface area contributed by atoms with Crippen molar-refractivity contribution in [2.24, 2.45) is 0 Å². The topological polar surface area (TPSA) is 4.41 Å². The number of hydrogen-bond acceptors (Lipinski definition) is 0. The molecule has 44 heavy (non-hydrogen) atoms. The van der Waals surface area contributed by atoms with Gasteiger partial charge in [-0.15, -0.1) is 0 Å². The first-order valence-corrected chi connectivity index (χ1v) is 15.0. The molecular weight excluding hydrogens is 537 g/mol. The van der Waals surface area contributed by atoms with E-state index in [0.29, 0.717) is 0 Å². The van der Waals surface area contributed by atoms with E-state index >= 15 is 0 Å². The summed E-state index contributed by atoms with van der Waals surface area (Å²) >= 11 is 0. The van der Waals surface area contributed by atoms with Crippen LogP contribution in [0, 0.1) is 5.82 Å². The highest BCUT2D eigenvalue weighted by Gasteiger charge is 2.17. The van der Waals surface area contributed by atoms with Gasteiger partial charge in [0.25, 0.3) is 0 Å². The predicted molar refractivity (Wildman–Crippen MR) is 183 cm³/mol. The number of nitrogens with zero attached hydrogens (tertiary/aromatic N) is 1. The first-order chi connectivity index (χ1) is 21.7. The summed E-state index contributed by atoms with van der Waals surface area (Å²) in [6.45, 7) is 0. The van der Waals surface area contributed by atoms with Crippen LogP contribution < -0.4 is 0 Å². The van der Waals surface area contributed by atoms with Crippen molar-refractivity contribution in [1.29, 1.82) is 0 Å². The molecule has 2 heterocycles. The molecule has 1 nitrogen and oxygen atoms in total. The van der Waals surface area contributed by atoms with Crippen LogP contribution >= 0.6 is 0 Å². The molecule has 0 spiro atoms. The van der Waals surface area contributed by atoms with Gasteiger partial charge in [0.2, 0.25) is 0 Å². The van der Waals surface area contributed by atoms with Crippen molar-refractivity contribution in [3.05, 3.63) is 164 Å². The molecule has 0 bridgehead atoms. The van der Waals surface area contributed by atoms with E-state index in [1.165, 1.54) is 66.4 Å². The second kappa shape index (κ2) is 9.65. The van der Waals surface area contributed by atoms with Gasteiger partial charge < -0.3 is 4.40 Å². The van der Waals surface area contributed by atoms with Crippen molar-refractivity contribution in [2.75, 3.05) is 0 Å². The van der Waals surface area contributed by atoms with Gasteiger partial charge in [0.05, 0.1) is 16.6 Å². The zero-order valence-electron chi connectivity index (χ0n) is 23.8. The van der Waals surface area contributed by atoms with E-state index < -0.39 is 0 Å². The third kappa shape index (κ3) is 3.85. The van der Waals surface area contributed by atoms with Gasteiger partial charge in [0, 0.05) is 21.5 Å². The molecule has 0 aliphatic heterocycles. The Morgan fingerprint density at radius 2 is 0.773 bits per heavy atom. The summed E-state index contributed by atoms with van der Waals surface area (Å²) in [5.74, 6) is -0.220. The third-order valence-corrected chi connectivity index (χ3v) is 8.99. The van der Waals surface area contributed by atoms with Gasteiger partial charge in [0.1, 0.15) is 5.82 Å². The van der Waals surface area contributed by atoms with Crippen molar-refractivity contribution >= 4 is 38.1 Å². The van der Waals surface area contributed by atoms with Crippen molar-refractivity contribution in [2.45, 2.75) is 0 Å². The lowest BCUT2D eigenvalue weighted by molar-refractivity contribution is 0.628. The first kappa shape index (κ1) is 24.8. The van der Waals surface area contributed by atoms with Gasteiger partial charge in [-0.3, -0.25) is 0 Å². The van der Waals surface area contributed by atoms with Gasteiger partial charge >= 0.3 is 0 Å². The van der Waals surface area contributed by atoms with Crippen molar-refractivity contribution < 1.29 is 4.39 Å². The van der Waals surface area contributed by atoms with Crippen LogP contribution in [0.5, 0.6) is 0 Å². The molecular formula is C42H26FN. The van der Waals surface area contributed by atoms with Crippen LogP contribution in [0.3, 0.4) is 0 Å². The minimum Gasteiger partial charge on any atom is -0.308 e. The molecule has 2 aromatic heterocycles. The zero-order chi connectivity index (χ0) is 29.2. The predicted octanol–water partition coefficient (Wildman–Crippen LogP) is 11.6. The van der Waals surface area contributed by atoms with E-state index in [4.69, 9.17) is 0 Å². The minimum absolute atomic E-state index is 0.220. The summed E-state index contributed by atoms with van der Waals surface area (Å²) in [5.41, 5.74) is 12.7. The summed E-state index contributed by atoms with van der Waals surface area (Å²) in [4.78, 5) is 0.